The molecule has 1 rings (SSSR count). The molecule has 0 atom stereocenters. The van der Waals surface area contributed by atoms with Crippen molar-refractivity contribution in [2.24, 2.45) is 0 Å². The van der Waals surface area contributed by atoms with Crippen LogP contribution in [0.15, 0.2) is 24.3 Å². The number of esters is 1. The Morgan fingerprint density at radius 3 is 2.33 bits per heavy atom. The van der Waals surface area contributed by atoms with E-state index in [1.165, 1.54) is 0 Å². The van der Waals surface area contributed by atoms with Gasteiger partial charge in [0, 0.05) is 11.7 Å². The predicted octanol–water partition coefficient (Wildman–Crippen LogP) is 1.50. The van der Waals surface area contributed by atoms with Crippen molar-refractivity contribution in [2.75, 3.05) is 18.9 Å². The first-order chi connectivity index (χ1) is 10.0. The van der Waals surface area contributed by atoms with Gasteiger partial charge in [0.15, 0.2) is 13.2 Å². The summed E-state index contributed by atoms with van der Waals surface area (Å²) in [4.78, 5) is 23.0. The molecular formula is C15H22N2O4. The van der Waals surface area contributed by atoms with Crippen LogP contribution in [0.2, 0.25) is 0 Å². The second-order valence-electron chi connectivity index (χ2n) is 4.60. The van der Waals surface area contributed by atoms with Crippen molar-refractivity contribution in [3.63, 3.8) is 0 Å². The molecule has 21 heavy (non-hydrogen) atoms. The first-order valence-electron chi connectivity index (χ1n) is 6.98. The summed E-state index contributed by atoms with van der Waals surface area (Å²) >= 11 is 0. The number of hydrogen-bond acceptors (Lipinski definition) is 5. The van der Waals surface area contributed by atoms with E-state index in [1.807, 2.05) is 13.8 Å². The first kappa shape index (κ1) is 16.8. The van der Waals surface area contributed by atoms with Crippen molar-refractivity contribution in [3.05, 3.63) is 24.3 Å². The second-order valence-corrected chi connectivity index (χ2v) is 4.60. The van der Waals surface area contributed by atoms with Crippen LogP contribution in [0.5, 0.6) is 5.75 Å². The van der Waals surface area contributed by atoms with Crippen LogP contribution >= 0.6 is 0 Å². The van der Waals surface area contributed by atoms with Crippen LogP contribution in [0.25, 0.3) is 0 Å². The zero-order valence-corrected chi connectivity index (χ0v) is 12.4. The van der Waals surface area contributed by atoms with Crippen molar-refractivity contribution < 1.29 is 19.1 Å². The summed E-state index contributed by atoms with van der Waals surface area (Å²) in [7, 11) is 0. The van der Waals surface area contributed by atoms with E-state index in [0.717, 1.165) is 12.8 Å². The Balaban J connectivity index is 2.24. The maximum atomic E-state index is 11.5. The Morgan fingerprint density at radius 2 is 1.76 bits per heavy atom. The highest BCUT2D eigenvalue weighted by atomic mass is 16.6. The summed E-state index contributed by atoms with van der Waals surface area (Å²) in [5.74, 6) is -0.376. The van der Waals surface area contributed by atoms with Crippen LogP contribution in [0.1, 0.15) is 26.7 Å². The molecule has 0 unspecified atom stereocenters. The minimum atomic E-state index is -0.591. The van der Waals surface area contributed by atoms with Crippen LogP contribution in [0.4, 0.5) is 5.69 Å². The number of ether oxygens (including phenoxy) is 2. The summed E-state index contributed by atoms with van der Waals surface area (Å²) in [6.45, 7) is 3.43. The lowest BCUT2D eigenvalue weighted by Crippen LogP contribution is -2.37. The fraction of sp³-hybridized carbons (Fsp3) is 0.467. The number of hydrogen-bond donors (Lipinski definition) is 2. The van der Waals surface area contributed by atoms with E-state index in [4.69, 9.17) is 15.2 Å². The summed E-state index contributed by atoms with van der Waals surface area (Å²) in [5.41, 5.74) is 6.15. The molecule has 0 fully saturated rings. The summed E-state index contributed by atoms with van der Waals surface area (Å²) in [6.07, 6.45) is 1.69. The van der Waals surface area contributed by atoms with E-state index < -0.39 is 5.97 Å². The zero-order valence-electron chi connectivity index (χ0n) is 12.4. The van der Waals surface area contributed by atoms with Gasteiger partial charge in [0.25, 0.3) is 5.91 Å². The molecule has 1 aromatic rings. The number of benzene rings is 1. The number of nitrogens with two attached hydrogens (primary N) is 1. The van der Waals surface area contributed by atoms with Gasteiger partial charge in [-0.05, 0) is 37.1 Å². The largest absolute Gasteiger partial charge is 0.482 e. The fourth-order valence-electron chi connectivity index (χ4n) is 1.66. The van der Waals surface area contributed by atoms with Crippen molar-refractivity contribution in [2.45, 2.75) is 32.7 Å². The van der Waals surface area contributed by atoms with Gasteiger partial charge in [0.2, 0.25) is 0 Å². The molecule has 0 radical (unpaired) electrons. The summed E-state index contributed by atoms with van der Waals surface area (Å²) < 4.78 is 10.1. The molecule has 0 saturated heterocycles. The maximum absolute atomic E-state index is 11.5. The number of carbonyl (C=O) groups excluding carboxylic acids is 2. The third-order valence-corrected chi connectivity index (χ3v) is 2.95. The van der Waals surface area contributed by atoms with Gasteiger partial charge >= 0.3 is 5.97 Å². The standard InChI is InChI=1S/C15H22N2O4/c1-3-12(4-2)17-14(18)9-21-15(19)10-20-13-7-5-11(16)6-8-13/h5-8,12H,3-4,9-10,16H2,1-2H3,(H,17,18). The molecule has 0 aromatic heterocycles. The van der Waals surface area contributed by atoms with E-state index in [2.05, 4.69) is 5.32 Å². The van der Waals surface area contributed by atoms with Gasteiger partial charge in [-0.2, -0.15) is 0 Å². The lowest BCUT2D eigenvalue weighted by molar-refractivity contribution is -0.150. The highest BCUT2D eigenvalue weighted by Crippen LogP contribution is 2.12. The first-order valence-corrected chi connectivity index (χ1v) is 6.98. The second kappa shape index (κ2) is 8.84. The molecule has 1 amide bonds. The molecule has 0 bridgehead atoms. The van der Waals surface area contributed by atoms with Gasteiger partial charge in [-0.3, -0.25) is 4.79 Å². The maximum Gasteiger partial charge on any atom is 0.344 e. The van der Waals surface area contributed by atoms with Crippen LogP contribution in [-0.4, -0.2) is 31.1 Å². The molecule has 0 aliphatic heterocycles. The number of nitrogen functional groups attached to an aromatic ring is 1. The molecule has 116 valence electrons. The van der Waals surface area contributed by atoms with Gasteiger partial charge in [-0.15, -0.1) is 0 Å². The fourth-order valence-corrected chi connectivity index (χ4v) is 1.66. The molecule has 6 heteroatoms. The highest BCUT2D eigenvalue weighted by Gasteiger charge is 2.11. The Morgan fingerprint density at radius 1 is 1.14 bits per heavy atom. The van der Waals surface area contributed by atoms with Crippen LogP contribution in [-0.2, 0) is 14.3 Å². The van der Waals surface area contributed by atoms with Crippen LogP contribution < -0.4 is 15.8 Å². The number of anilines is 1. The third-order valence-electron chi connectivity index (χ3n) is 2.95. The van der Waals surface area contributed by atoms with E-state index in [9.17, 15) is 9.59 Å². The summed E-state index contributed by atoms with van der Waals surface area (Å²) in [6, 6.07) is 6.76. The molecule has 0 aliphatic rings. The molecule has 6 nitrogen and oxygen atoms in total. The highest BCUT2D eigenvalue weighted by molar-refractivity contribution is 5.81. The molecule has 0 saturated carbocycles. The number of nitrogens with one attached hydrogen (secondary N) is 1. The molecule has 1 aromatic carbocycles. The summed E-state index contributed by atoms with van der Waals surface area (Å²) in [5, 5.41) is 2.78. The van der Waals surface area contributed by atoms with E-state index in [-0.39, 0.29) is 25.2 Å². The monoisotopic (exact) mass is 294 g/mol. The molecule has 0 aliphatic carbocycles. The zero-order chi connectivity index (χ0) is 15.7. The lowest BCUT2D eigenvalue weighted by atomic mass is 10.2. The van der Waals surface area contributed by atoms with Gasteiger partial charge in [-0.25, -0.2) is 4.79 Å². The Kier molecular flexibility index (Phi) is 7.08. The van der Waals surface area contributed by atoms with Crippen molar-refractivity contribution in [1.82, 2.24) is 5.32 Å². The molecular weight excluding hydrogens is 272 g/mol. The molecule has 0 heterocycles. The molecule has 0 spiro atoms. The Hall–Kier alpha value is -2.24. The van der Waals surface area contributed by atoms with Gasteiger partial charge in [0.05, 0.1) is 0 Å². The average Bonchev–Trinajstić information content (AvgIpc) is 2.50. The smallest absolute Gasteiger partial charge is 0.344 e. The lowest BCUT2D eigenvalue weighted by Gasteiger charge is -2.14. The van der Waals surface area contributed by atoms with E-state index in [0.29, 0.717) is 11.4 Å². The number of carbonyl (C=O) groups is 2. The SMILES string of the molecule is CCC(CC)NC(=O)COC(=O)COc1ccc(N)cc1. The Bertz CT molecular complexity index is 455. The van der Waals surface area contributed by atoms with E-state index >= 15 is 0 Å². The van der Waals surface area contributed by atoms with Gasteiger partial charge in [0.1, 0.15) is 5.75 Å². The van der Waals surface area contributed by atoms with Crippen molar-refractivity contribution in [1.29, 1.82) is 0 Å². The van der Waals surface area contributed by atoms with Crippen molar-refractivity contribution >= 4 is 17.6 Å². The average molecular weight is 294 g/mol. The number of rotatable bonds is 8. The Labute approximate surface area is 124 Å². The third kappa shape index (κ3) is 6.65. The normalized spacial score (nSPS) is 10.2. The van der Waals surface area contributed by atoms with Crippen molar-refractivity contribution in [3.8, 4) is 5.75 Å². The topological polar surface area (TPSA) is 90.6 Å². The van der Waals surface area contributed by atoms with Crippen LogP contribution in [0, 0.1) is 0 Å². The minimum Gasteiger partial charge on any atom is -0.482 e. The van der Waals surface area contributed by atoms with E-state index in [1.54, 1.807) is 24.3 Å². The molecule has 3 N–H and O–H groups in total. The van der Waals surface area contributed by atoms with Gasteiger partial charge in [-0.1, -0.05) is 13.8 Å². The van der Waals surface area contributed by atoms with Crippen LogP contribution in [0.3, 0.4) is 0 Å². The number of amides is 1. The minimum absolute atomic E-state index is 0.113. The van der Waals surface area contributed by atoms with Gasteiger partial charge < -0.3 is 20.5 Å². The predicted molar refractivity (Wildman–Crippen MR) is 79.8 cm³/mol. The quantitative estimate of drug-likeness (QED) is 0.560.